The van der Waals surface area contributed by atoms with Crippen LogP contribution in [0.4, 0.5) is 4.79 Å². The molecule has 0 aromatic carbocycles. The fraction of sp³-hybridized carbons (Fsp3) is 0.688. The molecule has 118 valence electrons. The highest BCUT2D eigenvalue weighted by molar-refractivity contribution is 7.07. The summed E-state index contributed by atoms with van der Waals surface area (Å²) in [5.41, 5.74) is 0.885. The van der Waals surface area contributed by atoms with Crippen LogP contribution in [-0.2, 0) is 4.74 Å². The number of amides is 1. The number of nitrogens with zero attached hydrogens (tertiary/aromatic N) is 1. The zero-order valence-corrected chi connectivity index (χ0v) is 14.2. The molecule has 2 heterocycles. The van der Waals surface area contributed by atoms with Crippen LogP contribution in [0.15, 0.2) is 16.8 Å². The molecule has 1 amide bonds. The Bertz CT molecular complexity index is 453. The van der Waals surface area contributed by atoms with Crippen LogP contribution >= 0.6 is 11.3 Å². The van der Waals surface area contributed by atoms with Crippen molar-refractivity contribution in [2.75, 3.05) is 13.1 Å². The molecule has 0 aliphatic carbocycles. The van der Waals surface area contributed by atoms with Crippen LogP contribution in [0.1, 0.15) is 52.1 Å². The lowest BCUT2D eigenvalue weighted by atomic mass is 10.0. The van der Waals surface area contributed by atoms with Gasteiger partial charge in [0.1, 0.15) is 5.60 Å². The third kappa shape index (κ3) is 5.00. The highest BCUT2D eigenvalue weighted by atomic mass is 32.1. The molecule has 0 bridgehead atoms. The average Bonchev–Trinajstić information content (AvgIpc) is 2.91. The second-order valence-electron chi connectivity index (χ2n) is 6.71. The second kappa shape index (κ2) is 6.79. The fourth-order valence-electron chi connectivity index (χ4n) is 2.58. The number of carbonyl (C=O) groups excluding carboxylic acids is 1. The van der Waals surface area contributed by atoms with E-state index in [1.807, 2.05) is 25.7 Å². The van der Waals surface area contributed by atoms with Crippen LogP contribution in [0, 0.1) is 0 Å². The molecular formula is C16H26N2O2S. The molecule has 2 atom stereocenters. The van der Waals surface area contributed by atoms with Gasteiger partial charge in [0.25, 0.3) is 0 Å². The quantitative estimate of drug-likeness (QED) is 0.923. The zero-order valence-electron chi connectivity index (χ0n) is 13.4. The first-order chi connectivity index (χ1) is 9.85. The van der Waals surface area contributed by atoms with Gasteiger partial charge in [-0.3, -0.25) is 0 Å². The molecule has 1 N–H and O–H groups in total. The zero-order chi connectivity index (χ0) is 15.5. The van der Waals surface area contributed by atoms with Crippen molar-refractivity contribution in [3.8, 4) is 0 Å². The van der Waals surface area contributed by atoms with Gasteiger partial charge in [-0.25, -0.2) is 4.79 Å². The van der Waals surface area contributed by atoms with Crippen molar-refractivity contribution in [3.05, 3.63) is 22.4 Å². The summed E-state index contributed by atoms with van der Waals surface area (Å²) >= 11 is 1.72. The number of rotatable bonds is 3. The van der Waals surface area contributed by atoms with Crippen molar-refractivity contribution in [1.82, 2.24) is 10.2 Å². The number of hydrogen-bond donors (Lipinski definition) is 1. The van der Waals surface area contributed by atoms with E-state index in [4.69, 9.17) is 4.74 Å². The predicted octanol–water partition coefficient (Wildman–Crippen LogP) is 3.80. The van der Waals surface area contributed by atoms with Gasteiger partial charge >= 0.3 is 6.09 Å². The minimum absolute atomic E-state index is 0.197. The Morgan fingerprint density at radius 1 is 1.52 bits per heavy atom. The summed E-state index contributed by atoms with van der Waals surface area (Å²) in [6.45, 7) is 9.41. The van der Waals surface area contributed by atoms with Crippen molar-refractivity contribution in [2.24, 2.45) is 0 Å². The highest BCUT2D eigenvalue weighted by Gasteiger charge is 2.28. The van der Waals surface area contributed by atoms with E-state index in [1.54, 1.807) is 11.3 Å². The molecule has 1 fully saturated rings. The molecule has 0 radical (unpaired) electrons. The monoisotopic (exact) mass is 310 g/mol. The van der Waals surface area contributed by atoms with E-state index in [0.717, 1.165) is 25.9 Å². The molecule has 1 aliphatic heterocycles. The Morgan fingerprint density at radius 3 is 2.90 bits per heavy atom. The minimum Gasteiger partial charge on any atom is -0.444 e. The number of likely N-dealkylation sites (tertiary alicyclic amines) is 1. The first kappa shape index (κ1) is 16.3. The molecule has 21 heavy (non-hydrogen) atoms. The topological polar surface area (TPSA) is 41.6 Å². The summed E-state index contributed by atoms with van der Waals surface area (Å²) in [4.78, 5) is 14.0. The number of ether oxygens (including phenoxy) is 1. The molecule has 2 rings (SSSR count). The van der Waals surface area contributed by atoms with E-state index < -0.39 is 5.60 Å². The van der Waals surface area contributed by atoms with Gasteiger partial charge in [-0.2, -0.15) is 11.3 Å². The summed E-state index contributed by atoms with van der Waals surface area (Å²) in [6.07, 6.45) is 1.93. The van der Waals surface area contributed by atoms with Crippen molar-refractivity contribution >= 4 is 17.4 Å². The maximum Gasteiger partial charge on any atom is 0.410 e. The van der Waals surface area contributed by atoms with Crippen LogP contribution in [0.2, 0.25) is 0 Å². The van der Waals surface area contributed by atoms with Gasteiger partial charge in [0.05, 0.1) is 0 Å². The van der Waals surface area contributed by atoms with Gasteiger partial charge in [0.15, 0.2) is 0 Å². The predicted molar refractivity (Wildman–Crippen MR) is 86.7 cm³/mol. The normalized spacial score (nSPS) is 21.1. The molecule has 1 saturated heterocycles. The highest BCUT2D eigenvalue weighted by Crippen LogP contribution is 2.20. The number of hydrogen-bond acceptors (Lipinski definition) is 4. The SMILES string of the molecule is CC(NC1CCCN(C(=O)OC(C)(C)C)C1)c1ccsc1. The van der Waals surface area contributed by atoms with E-state index in [9.17, 15) is 4.79 Å². The van der Waals surface area contributed by atoms with Crippen LogP contribution in [0.3, 0.4) is 0 Å². The molecule has 0 spiro atoms. The lowest BCUT2D eigenvalue weighted by Crippen LogP contribution is -2.49. The molecule has 1 aromatic heterocycles. The Kier molecular flexibility index (Phi) is 5.27. The maximum absolute atomic E-state index is 12.2. The molecule has 1 aliphatic rings. The molecular weight excluding hydrogens is 284 g/mol. The average molecular weight is 310 g/mol. The number of thiophene rings is 1. The van der Waals surface area contributed by atoms with E-state index in [1.165, 1.54) is 5.56 Å². The van der Waals surface area contributed by atoms with E-state index in [-0.39, 0.29) is 6.09 Å². The summed E-state index contributed by atoms with van der Waals surface area (Å²) < 4.78 is 5.46. The smallest absolute Gasteiger partial charge is 0.410 e. The van der Waals surface area contributed by atoms with Gasteiger partial charge in [-0.05, 0) is 62.9 Å². The van der Waals surface area contributed by atoms with Crippen molar-refractivity contribution in [3.63, 3.8) is 0 Å². The van der Waals surface area contributed by atoms with Gasteiger partial charge in [-0.15, -0.1) is 0 Å². The largest absolute Gasteiger partial charge is 0.444 e. The molecule has 4 nitrogen and oxygen atoms in total. The van der Waals surface area contributed by atoms with E-state index >= 15 is 0 Å². The van der Waals surface area contributed by atoms with E-state index in [0.29, 0.717) is 12.1 Å². The summed E-state index contributed by atoms with van der Waals surface area (Å²) in [5.74, 6) is 0. The fourth-order valence-corrected chi connectivity index (χ4v) is 3.33. The summed E-state index contributed by atoms with van der Waals surface area (Å²) in [7, 11) is 0. The van der Waals surface area contributed by atoms with Crippen LogP contribution < -0.4 is 5.32 Å². The standard InChI is InChI=1S/C16H26N2O2S/c1-12(13-7-9-21-11-13)17-14-6-5-8-18(10-14)15(19)20-16(2,3)4/h7,9,11-12,14,17H,5-6,8,10H2,1-4H3. The van der Waals surface area contributed by atoms with Gasteiger partial charge in [0.2, 0.25) is 0 Å². The summed E-state index contributed by atoms with van der Waals surface area (Å²) in [5, 5.41) is 7.90. The first-order valence-electron chi connectivity index (χ1n) is 7.61. The molecule has 2 unspecified atom stereocenters. The second-order valence-corrected chi connectivity index (χ2v) is 7.49. The van der Waals surface area contributed by atoms with Gasteiger partial charge < -0.3 is 15.0 Å². The Morgan fingerprint density at radius 2 is 2.29 bits per heavy atom. The Hall–Kier alpha value is -1.07. The first-order valence-corrected chi connectivity index (χ1v) is 8.55. The third-order valence-electron chi connectivity index (χ3n) is 3.60. The van der Waals surface area contributed by atoms with Gasteiger partial charge in [0, 0.05) is 25.2 Å². The van der Waals surface area contributed by atoms with E-state index in [2.05, 4.69) is 29.1 Å². The summed E-state index contributed by atoms with van der Waals surface area (Å²) in [6, 6.07) is 2.80. The number of nitrogens with one attached hydrogen (secondary N) is 1. The maximum atomic E-state index is 12.2. The van der Waals surface area contributed by atoms with Gasteiger partial charge in [-0.1, -0.05) is 0 Å². The Balaban J connectivity index is 1.87. The molecule has 5 heteroatoms. The lowest BCUT2D eigenvalue weighted by molar-refractivity contribution is 0.0184. The lowest BCUT2D eigenvalue weighted by Gasteiger charge is -2.35. The number of piperidine rings is 1. The van der Waals surface area contributed by atoms with Crippen molar-refractivity contribution in [2.45, 2.75) is 58.2 Å². The molecule has 0 saturated carbocycles. The van der Waals surface area contributed by atoms with Crippen LogP contribution in [-0.4, -0.2) is 35.7 Å². The van der Waals surface area contributed by atoms with Crippen LogP contribution in [0.5, 0.6) is 0 Å². The van der Waals surface area contributed by atoms with Crippen molar-refractivity contribution < 1.29 is 9.53 Å². The van der Waals surface area contributed by atoms with Crippen molar-refractivity contribution in [1.29, 1.82) is 0 Å². The third-order valence-corrected chi connectivity index (χ3v) is 4.30. The van der Waals surface area contributed by atoms with Crippen LogP contribution in [0.25, 0.3) is 0 Å². The number of carbonyl (C=O) groups is 1. The molecule has 1 aromatic rings. The Labute approximate surface area is 131 Å². The minimum atomic E-state index is -0.429.